The van der Waals surface area contributed by atoms with Crippen LogP contribution in [0.15, 0.2) is 56.0 Å². The first-order valence-electron chi connectivity index (χ1n) is 13.4. The van der Waals surface area contributed by atoms with E-state index >= 15 is 0 Å². The molecule has 36 heavy (non-hydrogen) atoms. The number of thiol groups is 2. The minimum atomic E-state index is 0. The summed E-state index contributed by atoms with van der Waals surface area (Å²) in [4.78, 5) is 3.43. The molecular formula is C30H50NNiS4+. The van der Waals surface area contributed by atoms with Gasteiger partial charge >= 0.3 is 16.5 Å². The summed E-state index contributed by atoms with van der Waals surface area (Å²) in [6.45, 7) is 19.1. The Bertz CT molecular complexity index is 727. The van der Waals surface area contributed by atoms with Crippen molar-refractivity contribution in [2.45, 2.75) is 112 Å². The molecule has 2 aromatic carbocycles. The summed E-state index contributed by atoms with van der Waals surface area (Å²) in [6.07, 6.45) is 11.1. The number of rotatable bonds is 12. The number of unbranched alkanes of at least 4 members (excludes halogenated alkanes) is 4. The summed E-state index contributed by atoms with van der Waals surface area (Å²) in [5.41, 5.74) is 2.39. The van der Waals surface area contributed by atoms with Crippen molar-refractivity contribution in [2.24, 2.45) is 0 Å². The van der Waals surface area contributed by atoms with Crippen LogP contribution in [0, 0.1) is 13.8 Å². The molecular weight excluding hydrogens is 561 g/mol. The van der Waals surface area contributed by atoms with Gasteiger partial charge in [0.1, 0.15) is 0 Å². The Morgan fingerprint density at radius 2 is 0.972 bits per heavy atom. The van der Waals surface area contributed by atoms with Gasteiger partial charge in [0.2, 0.25) is 0 Å². The van der Waals surface area contributed by atoms with Crippen molar-refractivity contribution in [2.75, 3.05) is 26.2 Å². The summed E-state index contributed by atoms with van der Waals surface area (Å²) in [7, 11) is 0. The van der Waals surface area contributed by atoms with Gasteiger partial charge in [-0.2, -0.15) is 9.79 Å². The largest absolute Gasteiger partial charge is 2.00 e. The Morgan fingerprint density at radius 3 is 1.28 bits per heavy atom. The van der Waals surface area contributed by atoms with Gasteiger partial charge in [0, 0.05) is 0 Å². The Hall–Kier alpha value is 0.0335. The molecule has 0 aliphatic heterocycles. The van der Waals surface area contributed by atoms with Gasteiger partial charge in [0.05, 0.1) is 26.2 Å². The Balaban J connectivity index is 0. The number of quaternary nitrogens is 1. The molecule has 0 aliphatic rings. The molecule has 0 saturated carbocycles. The SMILES string of the molecule is CCCC[N+](CCCC)(CCCC)CCCC.Cc1ccc(S)c([S-])c1.Cc1ccc([S-])c(S)c1.[Ni+2]. The third-order valence-electron chi connectivity index (χ3n) is 6.17. The minimum Gasteiger partial charge on any atom is -0.779 e. The van der Waals surface area contributed by atoms with Crippen LogP contribution in [-0.4, -0.2) is 30.7 Å². The molecule has 2 rings (SSSR count). The van der Waals surface area contributed by atoms with E-state index < -0.39 is 0 Å². The Morgan fingerprint density at radius 1 is 0.583 bits per heavy atom. The van der Waals surface area contributed by atoms with Gasteiger partial charge in [-0.1, -0.05) is 94.8 Å². The fourth-order valence-corrected chi connectivity index (χ4v) is 4.69. The van der Waals surface area contributed by atoms with E-state index in [9.17, 15) is 0 Å². The second-order valence-electron chi connectivity index (χ2n) is 9.59. The number of hydrogen-bond acceptors (Lipinski definition) is 4. The van der Waals surface area contributed by atoms with Crippen molar-refractivity contribution in [1.29, 1.82) is 0 Å². The van der Waals surface area contributed by atoms with Crippen molar-refractivity contribution < 1.29 is 21.0 Å². The van der Waals surface area contributed by atoms with Crippen LogP contribution in [0.3, 0.4) is 0 Å². The third kappa shape index (κ3) is 17.5. The van der Waals surface area contributed by atoms with Crippen LogP contribution in [0.4, 0.5) is 0 Å². The third-order valence-corrected chi connectivity index (χ3v) is 7.93. The van der Waals surface area contributed by atoms with Gasteiger partial charge in [0.15, 0.2) is 0 Å². The second kappa shape index (κ2) is 23.0. The molecule has 1 nitrogen and oxygen atoms in total. The van der Waals surface area contributed by atoms with Crippen molar-refractivity contribution in [3.05, 3.63) is 47.5 Å². The van der Waals surface area contributed by atoms with Crippen molar-refractivity contribution in [1.82, 2.24) is 0 Å². The normalized spacial score (nSPS) is 10.4. The molecule has 0 radical (unpaired) electrons. The summed E-state index contributed by atoms with van der Waals surface area (Å²) in [5, 5.41) is 0. The quantitative estimate of drug-likeness (QED) is 0.106. The maximum Gasteiger partial charge on any atom is 2.00 e. The van der Waals surface area contributed by atoms with Crippen LogP contribution in [0.5, 0.6) is 0 Å². The first kappa shape index (κ1) is 38.2. The molecule has 0 N–H and O–H groups in total. The van der Waals surface area contributed by atoms with Crippen LogP contribution in [0.1, 0.15) is 90.2 Å². The monoisotopic (exact) mass is 610 g/mol. The predicted molar refractivity (Wildman–Crippen MR) is 167 cm³/mol. The fourth-order valence-electron chi connectivity index (χ4n) is 3.89. The standard InChI is InChI=1S/C16H36N.2C7H8S2.Ni/c1-5-9-13-17(14-10-6-2,15-11-7-3)16-12-8-4;2*1-5-2-3-6(8)7(9)4-5;/h5-16H2,1-4H3;2*2-4,8-9H,1H3;/q+1;;;+2/p-2. The summed E-state index contributed by atoms with van der Waals surface area (Å²) >= 11 is 18.2. The summed E-state index contributed by atoms with van der Waals surface area (Å²) < 4.78 is 1.42. The zero-order chi connectivity index (χ0) is 26.7. The molecule has 0 amide bonds. The van der Waals surface area contributed by atoms with E-state index in [1.807, 2.05) is 50.2 Å². The number of benzene rings is 2. The first-order chi connectivity index (χ1) is 16.6. The maximum absolute atomic E-state index is 4.96. The van der Waals surface area contributed by atoms with Crippen LogP contribution >= 0.6 is 25.3 Å². The van der Waals surface area contributed by atoms with Crippen LogP contribution < -0.4 is 0 Å². The summed E-state index contributed by atoms with van der Waals surface area (Å²) in [5.74, 6) is 0. The molecule has 0 unspecified atom stereocenters. The van der Waals surface area contributed by atoms with Crippen molar-refractivity contribution in [3.63, 3.8) is 0 Å². The number of aryl methyl sites for hydroxylation is 2. The van der Waals surface area contributed by atoms with E-state index in [-0.39, 0.29) is 16.5 Å². The average molecular weight is 612 g/mol. The zero-order valence-corrected chi connectivity index (χ0v) is 27.8. The smallest absolute Gasteiger partial charge is 0.779 e. The molecule has 0 saturated heterocycles. The number of nitrogens with zero attached hydrogens (tertiary/aromatic N) is 1. The van der Waals surface area contributed by atoms with E-state index in [2.05, 4.69) is 53.0 Å². The minimum absolute atomic E-state index is 0. The first-order valence-corrected chi connectivity index (χ1v) is 15.1. The topological polar surface area (TPSA) is 0 Å². The molecule has 0 heterocycles. The molecule has 0 bridgehead atoms. The molecule has 0 aromatic heterocycles. The number of hydrogen-bond donors (Lipinski definition) is 2. The Kier molecular flexibility index (Phi) is 24.4. The van der Waals surface area contributed by atoms with E-state index in [4.69, 9.17) is 25.3 Å². The molecule has 208 valence electrons. The fraction of sp³-hybridized carbons (Fsp3) is 0.600. The van der Waals surface area contributed by atoms with Crippen LogP contribution in [-0.2, 0) is 41.7 Å². The van der Waals surface area contributed by atoms with Gasteiger partial charge in [-0.05, 0) is 55.4 Å². The molecule has 2 aromatic rings. The van der Waals surface area contributed by atoms with E-state index in [1.54, 1.807) is 0 Å². The van der Waals surface area contributed by atoms with Gasteiger partial charge in [-0.15, -0.1) is 25.3 Å². The van der Waals surface area contributed by atoms with E-state index in [0.717, 1.165) is 19.6 Å². The molecule has 6 heteroatoms. The predicted octanol–water partition coefficient (Wildman–Crippen LogP) is 9.38. The van der Waals surface area contributed by atoms with E-state index in [0.29, 0.717) is 0 Å². The van der Waals surface area contributed by atoms with Gasteiger partial charge < -0.3 is 29.7 Å². The summed E-state index contributed by atoms with van der Waals surface area (Å²) in [6, 6.07) is 11.7. The van der Waals surface area contributed by atoms with Gasteiger partial charge in [-0.25, -0.2) is 0 Å². The molecule has 0 atom stereocenters. The van der Waals surface area contributed by atoms with Crippen molar-refractivity contribution in [3.8, 4) is 0 Å². The Labute approximate surface area is 256 Å². The van der Waals surface area contributed by atoms with Crippen molar-refractivity contribution >= 4 is 50.5 Å². The molecule has 0 aliphatic carbocycles. The van der Waals surface area contributed by atoms with Gasteiger partial charge in [-0.3, -0.25) is 0 Å². The van der Waals surface area contributed by atoms with Crippen LogP contribution in [0.2, 0.25) is 0 Å². The second-order valence-corrected chi connectivity index (χ2v) is 11.4. The van der Waals surface area contributed by atoms with Crippen LogP contribution in [0.25, 0.3) is 0 Å². The molecule has 0 fully saturated rings. The average Bonchev–Trinajstić information content (AvgIpc) is 2.84. The van der Waals surface area contributed by atoms with Gasteiger partial charge in [0.25, 0.3) is 0 Å². The van der Waals surface area contributed by atoms with E-state index in [1.165, 1.54) is 93.2 Å². The molecule has 0 spiro atoms. The zero-order valence-electron chi connectivity index (χ0n) is 23.4. The maximum atomic E-state index is 4.96.